The third-order valence-corrected chi connectivity index (χ3v) is 3.29. The maximum absolute atomic E-state index is 10.6. The van der Waals surface area contributed by atoms with Gasteiger partial charge in [0.15, 0.2) is 0 Å². The molecule has 1 aromatic carbocycles. The molecule has 19 heavy (non-hydrogen) atoms. The standard InChI is InChI=1S/C12H11BrN4O2/c13-9-4-2-1-3-8(9)7-15-11-6-5-10(17(18)19)12(14)16-11/h1-6H,7H2,(H3,14,15,16). The van der Waals surface area contributed by atoms with Crippen LogP contribution in [0.15, 0.2) is 40.9 Å². The highest BCUT2D eigenvalue weighted by Crippen LogP contribution is 2.22. The Morgan fingerprint density at radius 1 is 1.32 bits per heavy atom. The molecule has 6 nitrogen and oxygen atoms in total. The first-order valence-electron chi connectivity index (χ1n) is 5.46. The van der Waals surface area contributed by atoms with Crippen LogP contribution in [0.1, 0.15) is 5.56 Å². The van der Waals surface area contributed by atoms with Gasteiger partial charge in [0.1, 0.15) is 5.82 Å². The highest BCUT2D eigenvalue weighted by atomic mass is 79.9. The molecule has 0 unspecified atom stereocenters. The topological polar surface area (TPSA) is 94.1 Å². The second-order valence-corrected chi connectivity index (χ2v) is 4.66. The van der Waals surface area contributed by atoms with E-state index < -0.39 is 4.92 Å². The maximum Gasteiger partial charge on any atom is 0.311 e. The fraction of sp³-hybridized carbons (Fsp3) is 0.0833. The summed E-state index contributed by atoms with van der Waals surface area (Å²) < 4.78 is 0.984. The predicted molar refractivity (Wildman–Crippen MR) is 76.8 cm³/mol. The molecule has 7 heteroatoms. The number of aromatic nitrogens is 1. The number of nitro groups is 1. The molecule has 0 aliphatic rings. The second-order valence-electron chi connectivity index (χ2n) is 3.80. The molecule has 0 bridgehead atoms. The molecular weight excluding hydrogens is 312 g/mol. The number of rotatable bonds is 4. The zero-order valence-electron chi connectivity index (χ0n) is 9.84. The fourth-order valence-corrected chi connectivity index (χ4v) is 1.97. The third-order valence-electron chi connectivity index (χ3n) is 2.52. The van der Waals surface area contributed by atoms with Crippen LogP contribution in [0.4, 0.5) is 17.3 Å². The molecule has 3 N–H and O–H groups in total. The molecule has 0 saturated carbocycles. The normalized spacial score (nSPS) is 10.2. The lowest BCUT2D eigenvalue weighted by Crippen LogP contribution is -2.05. The van der Waals surface area contributed by atoms with E-state index in [1.54, 1.807) is 0 Å². The molecule has 0 amide bonds. The van der Waals surface area contributed by atoms with Crippen LogP contribution >= 0.6 is 15.9 Å². The number of nitrogens with zero attached hydrogens (tertiary/aromatic N) is 2. The van der Waals surface area contributed by atoms with Crippen LogP contribution < -0.4 is 11.1 Å². The first-order valence-corrected chi connectivity index (χ1v) is 6.25. The van der Waals surface area contributed by atoms with E-state index in [0.717, 1.165) is 10.0 Å². The van der Waals surface area contributed by atoms with E-state index in [1.165, 1.54) is 12.1 Å². The summed E-state index contributed by atoms with van der Waals surface area (Å²) in [5.74, 6) is 0.404. The van der Waals surface area contributed by atoms with Gasteiger partial charge in [-0.3, -0.25) is 10.1 Å². The molecule has 0 aliphatic heterocycles. The molecular formula is C12H11BrN4O2. The van der Waals surface area contributed by atoms with Crippen LogP contribution in [0.3, 0.4) is 0 Å². The summed E-state index contributed by atoms with van der Waals surface area (Å²) in [5.41, 5.74) is 6.39. The Hall–Kier alpha value is -2.15. The number of nitrogen functional groups attached to an aromatic ring is 1. The number of benzene rings is 1. The van der Waals surface area contributed by atoms with Crippen molar-refractivity contribution in [3.8, 4) is 0 Å². The summed E-state index contributed by atoms with van der Waals surface area (Å²) in [6, 6.07) is 10.6. The van der Waals surface area contributed by atoms with Crippen LogP contribution in [0.5, 0.6) is 0 Å². The zero-order chi connectivity index (χ0) is 13.8. The van der Waals surface area contributed by atoms with Crippen LogP contribution in [0.25, 0.3) is 0 Å². The Balaban J connectivity index is 2.11. The second kappa shape index (κ2) is 5.66. The average Bonchev–Trinajstić information content (AvgIpc) is 2.37. The van der Waals surface area contributed by atoms with Gasteiger partial charge in [-0.05, 0) is 17.7 Å². The largest absolute Gasteiger partial charge is 0.378 e. The Kier molecular flexibility index (Phi) is 3.96. The van der Waals surface area contributed by atoms with Gasteiger partial charge < -0.3 is 11.1 Å². The van der Waals surface area contributed by atoms with Gasteiger partial charge in [-0.25, -0.2) is 4.98 Å². The van der Waals surface area contributed by atoms with Crippen LogP contribution in [0, 0.1) is 10.1 Å². The molecule has 0 atom stereocenters. The van der Waals surface area contributed by atoms with Gasteiger partial charge in [0.25, 0.3) is 0 Å². The van der Waals surface area contributed by atoms with Gasteiger partial charge in [-0.15, -0.1) is 0 Å². The minimum atomic E-state index is -0.556. The van der Waals surface area contributed by atoms with Crippen LogP contribution in [0.2, 0.25) is 0 Å². The van der Waals surface area contributed by atoms with Crippen molar-refractivity contribution in [3.05, 3.63) is 56.5 Å². The monoisotopic (exact) mass is 322 g/mol. The Morgan fingerprint density at radius 3 is 2.68 bits per heavy atom. The van der Waals surface area contributed by atoms with Gasteiger partial charge in [0.05, 0.1) is 4.92 Å². The Morgan fingerprint density at radius 2 is 2.05 bits per heavy atom. The van der Waals surface area contributed by atoms with Crippen LogP contribution in [-0.2, 0) is 6.54 Å². The van der Waals surface area contributed by atoms with E-state index in [0.29, 0.717) is 12.4 Å². The lowest BCUT2D eigenvalue weighted by atomic mass is 10.2. The summed E-state index contributed by atoms with van der Waals surface area (Å²) in [6.45, 7) is 0.547. The van der Waals surface area contributed by atoms with E-state index in [4.69, 9.17) is 5.73 Å². The SMILES string of the molecule is Nc1nc(NCc2ccccc2Br)ccc1[N+](=O)[O-]. The van der Waals surface area contributed by atoms with Gasteiger partial charge >= 0.3 is 5.69 Å². The summed E-state index contributed by atoms with van der Waals surface area (Å²) >= 11 is 3.44. The Bertz CT molecular complexity index is 618. The van der Waals surface area contributed by atoms with Gasteiger partial charge in [0, 0.05) is 17.1 Å². The first-order chi connectivity index (χ1) is 9.08. The lowest BCUT2D eigenvalue weighted by Gasteiger charge is -2.07. The number of anilines is 2. The number of halogens is 1. The number of nitrogens with two attached hydrogens (primary N) is 1. The summed E-state index contributed by atoms with van der Waals surface area (Å²) in [7, 11) is 0. The molecule has 0 aliphatic carbocycles. The fourth-order valence-electron chi connectivity index (χ4n) is 1.55. The molecule has 1 heterocycles. The first kappa shape index (κ1) is 13.3. The van der Waals surface area contributed by atoms with Crippen molar-refractivity contribution >= 4 is 33.3 Å². The quantitative estimate of drug-likeness (QED) is 0.666. The third kappa shape index (κ3) is 3.19. The predicted octanol–water partition coefficient (Wildman–Crippen LogP) is 2.95. The molecule has 98 valence electrons. The summed E-state index contributed by atoms with van der Waals surface area (Å²) in [5, 5.41) is 13.7. The molecule has 2 aromatic rings. The van der Waals surface area contributed by atoms with Crippen LogP contribution in [-0.4, -0.2) is 9.91 Å². The van der Waals surface area contributed by atoms with E-state index in [-0.39, 0.29) is 11.5 Å². The van der Waals surface area contributed by atoms with Crippen molar-refractivity contribution in [1.29, 1.82) is 0 Å². The minimum Gasteiger partial charge on any atom is -0.378 e. The summed E-state index contributed by atoms with van der Waals surface area (Å²) in [6.07, 6.45) is 0. The smallest absolute Gasteiger partial charge is 0.311 e. The van der Waals surface area contributed by atoms with Gasteiger partial charge in [-0.2, -0.15) is 0 Å². The summed E-state index contributed by atoms with van der Waals surface area (Å²) in [4.78, 5) is 14.0. The minimum absolute atomic E-state index is 0.0953. The average molecular weight is 323 g/mol. The molecule has 2 rings (SSSR count). The Labute approximate surface area is 117 Å². The van der Waals surface area contributed by atoms with Crippen molar-refractivity contribution in [1.82, 2.24) is 4.98 Å². The van der Waals surface area contributed by atoms with E-state index in [1.807, 2.05) is 24.3 Å². The number of hydrogen-bond donors (Lipinski definition) is 2. The maximum atomic E-state index is 10.6. The molecule has 0 spiro atoms. The molecule has 0 fully saturated rings. The number of nitrogens with one attached hydrogen (secondary N) is 1. The van der Waals surface area contributed by atoms with Gasteiger partial charge in [-0.1, -0.05) is 34.1 Å². The van der Waals surface area contributed by atoms with Crippen molar-refractivity contribution < 1.29 is 4.92 Å². The van der Waals surface area contributed by atoms with Crippen molar-refractivity contribution in [2.45, 2.75) is 6.54 Å². The highest BCUT2D eigenvalue weighted by Gasteiger charge is 2.12. The van der Waals surface area contributed by atoms with E-state index in [2.05, 4.69) is 26.2 Å². The lowest BCUT2D eigenvalue weighted by molar-refractivity contribution is -0.384. The molecule has 0 radical (unpaired) electrons. The van der Waals surface area contributed by atoms with E-state index >= 15 is 0 Å². The number of pyridine rings is 1. The van der Waals surface area contributed by atoms with Crippen molar-refractivity contribution in [2.75, 3.05) is 11.1 Å². The van der Waals surface area contributed by atoms with Crippen molar-refractivity contribution in [2.24, 2.45) is 0 Å². The number of hydrogen-bond acceptors (Lipinski definition) is 5. The zero-order valence-corrected chi connectivity index (χ0v) is 11.4. The highest BCUT2D eigenvalue weighted by molar-refractivity contribution is 9.10. The van der Waals surface area contributed by atoms with Gasteiger partial charge in [0.2, 0.25) is 5.82 Å². The van der Waals surface area contributed by atoms with E-state index in [9.17, 15) is 10.1 Å². The van der Waals surface area contributed by atoms with Crippen molar-refractivity contribution in [3.63, 3.8) is 0 Å². The molecule has 0 saturated heterocycles. The molecule has 1 aromatic heterocycles.